The maximum Gasteiger partial charge on any atom is 0.293 e. The molecular formula is C18H15N5OS. The second kappa shape index (κ2) is 6.10. The van der Waals surface area contributed by atoms with Gasteiger partial charge < -0.3 is 5.32 Å². The van der Waals surface area contributed by atoms with Crippen LogP contribution in [0.3, 0.4) is 0 Å². The number of anilines is 1. The van der Waals surface area contributed by atoms with Crippen LogP contribution in [0.15, 0.2) is 48.1 Å². The van der Waals surface area contributed by atoms with Gasteiger partial charge in [0.15, 0.2) is 4.96 Å². The van der Waals surface area contributed by atoms with E-state index in [-0.39, 0.29) is 11.7 Å². The van der Waals surface area contributed by atoms with Crippen molar-refractivity contribution in [2.45, 2.75) is 13.8 Å². The highest BCUT2D eigenvalue weighted by atomic mass is 32.1. The molecule has 25 heavy (non-hydrogen) atoms. The Hall–Kier alpha value is -3.06. The third kappa shape index (κ3) is 3.14. The summed E-state index contributed by atoms with van der Waals surface area (Å²) >= 11 is 1.58. The van der Waals surface area contributed by atoms with Gasteiger partial charge in [0.2, 0.25) is 5.82 Å². The van der Waals surface area contributed by atoms with Crippen LogP contribution in [0.1, 0.15) is 22.0 Å². The minimum Gasteiger partial charge on any atom is -0.319 e. The molecule has 0 bridgehead atoms. The number of imidazole rings is 1. The van der Waals surface area contributed by atoms with Gasteiger partial charge in [-0.15, -0.1) is 11.3 Å². The van der Waals surface area contributed by atoms with E-state index in [0.29, 0.717) is 5.69 Å². The van der Waals surface area contributed by atoms with Crippen LogP contribution in [0.5, 0.6) is 0 Å². The number of carbonyl (C=O) groups excluding carboxylic acids is 1. The molecule has 0 atom stereocenters. The number of nitrogens with zero attached hydrogens (tertiary/aromatic N) is 4. The van der Waals surface area contributed by atoms with Crippen molar-refractivity contribution in [3.8, 4) is 11.3 Å². The van der Waals surface area contributed by atoms with E-state index in [1.165, 1.54) is 0 Å². The van der Waals surface area contributed by atoms with Crippen molar-refractivity contribution in [1.82, 2.24) is 19.4 Å². The Kier molecular flexibility index (Phi) is 3.77. The highest BCUT2D eigenvalue weighted by Crippen LogP contribution is 2.24. The van der Waals surface area contributed by atoms with E-state index in [9.17, 15) is 4.79 Å². The summed E-state index contributed by atoms with van der Waals surface area (Å²) in [7, 11) is 0. The highest BCUT2D eigenvalue weighted by Gasteiger charge is 2.12. The lowest BCUT2D eigenvalue weighted by Crippen LogP contribution is -2.16. The summed E-state index contributed by atoms with van der Waals surface area (Å²) in [5.74, 6) is -0.153. The van der Waals surface area contributed by atoms with Crippen LogP contribution in [-0.4, -0.2) is 25.3 Å². The molecule has 0 saturated carbocycles. The second-order valence-corrected chi connectivity index (χ2v) is 6.60. The van der Waals surface area contributed by atoms with E-state index >= 15 is 0 Å². The summed E-state index contributed by atoms with van der Waals surface area (Å²) in [6.45, 7) is 3.69. The van der Waals surface area contributed by atoms with Gasteiger partial charge in [-0.25, -0.2) is 15.0 Å². The van der Waals surface area contributed by atoms with E-state index < -0.39 is 0 Å². The summed E-state index contributed by atoms with van der Waals surface area (Å²) in [6.07, 6.45) is 3.94. The van der Waals surface area contributed by atoms with Crippen molar-refractivity contribution < 1.29 is 4.79 Å². The molecule has 0 spiro atoms. The number of aromatic nitrogens is 4. The molecule has 3 heterocycles. The van der Waals surface area contributed by atoms with E-state index in [0.717, 1.165) is 27.6 Å². The fraction of sp³-hybridized carbons (Fsp3) is 0.111. The maximum absolute atomic E-state index is 12.4. The van der Waals surface area contributed by atoms with Crippen LogP contribution in [0.25, 0.3) is 16.2 Å². The molecule has 6 nitrogen and oxygen atoms in total. The van der Waals surface area contributed by atoms with E-state index in [1.807, 2.05) is 66.4 Å². The first-order chi connectivity index (χ1) is 12.1. The summed E-state index contributed by atoms with van der Waals surface area (Å²) < 4.78 is 1.98. The lowest BCUT2D eigenvalue weighted by molar-refractivity contribution is 0.101. The Labute approximate surface area is 148 Å². The third-order valence-corrected chi connectivity index (χ3v) is 4.47. The Bertz CT molecular complexity index is 1030. The number of aryl methyl sites for hydroxylation is 2. The van der Waals surface area contributed by atoms with Crippen LogP contribution in [0.2, 0.25) is 0 Å². The van der Waals surface area contributed by atoms with Crippen molar-refractivity contribution in [2.75, 3.05) is 5.32 Å². The van der Waals surface area contributed by atoms with Crippen LogP contribution in [-0.2, 0) is 0 Å². The van der Waals surface area contributed by atoms with Crippen molar-refractivity contribution in [3.05, 3.63) is 65.3 Å². The molecule has 0 radical (unpaired) electrons. The van der Waals surface area contributed by atoms with Crippen LogP contribution < -0.4 is 5.32 Å². The largest absolute Gasteiger partial charge is 0.319 e. The molecule has 4 rings (SSSR count). The molecule has 1 aromatic carbocycles. The minimum absolute atomic E-state index is 0.172. The molecule has 0 aliphatic heterocycles. The average Bonchev–Trinajstić information content (AvgIpc) is 3.16. The summed E-state index contributed by atoms with van der Waals surface area (Å²) in [4.78, 5) is 26.3. The molecule has 1 amide bonds. The zero-order valence-electron chi connectivity index (χ0n) is 13.7. The standard InChI is InChI=1S/C18H15N5OS/c1-11-8-12(2)20-16(19-11)17(24)21-14-5-3-4-13(9-14)15-10-23-6-7-25-18(23)22-15/h3-10H,1-2H3,(H,21,24). The Morgan fingerprint density at radius 1 is 1.12 bits per heavy atom. The number of amides is 1. The molecule has 0 aliphatic carbocycles. The highest BCUT2D eigenvalue weighted by molar-refractivity contribution is 7.15. The topological polar surface area (TPSA) is 72.2 Å². The Balaban J connectivity index is 1.61. The first kappa shape index (κ1) is 15.5. The SMILES string of the molecule is Cc1cc(C)nc(C(=O)Nc2cccc(-c3cn4ccsc4n3)c2)n1. The Morgan fingerprint density at radius 3 is 2.68 bits per heavy atom. The second-order valence-electron chi connectivity index (χ2n) is 5.73. The molecular weight excluding hydrogens is 334 g/mol. The number of hydrogen-bond donors (Lipinski definition) is 1. The van der Waals surface area contributed by atoms with Gasteiger partial charge in [-0.05, 0) is 32.0 Å². The van der Waals surface area contributed by atoms with Gasteiger partial charge in [0.05, 0.1) is 5.69 Å². The number of benzene rings is 1. The lowest BCUT2D eigenvalue weighted by atomic mass is 10.1. The minimum atomic E-state index is -0.324. The number of nitrogens with one attached hydrogen (secondary N) is 1. The molecule has 0 fully saturated rings. The monoisotopic (exact) mass is 349 g/mol. The van der Waals surface area contributed by atoms with Crippen molar-refractivity contribution >= 4 is 27.9 Å². The summed E-state index contributed by atoms with van der Waals surface area (Å²) in [5.41, 5.74) is 4.02. The van der Waals surface area contributed by atoms with Crippen LogP contribution >= 0.6 is 11.3 Å². The number of rotatable bonds is 3. The molecule has 1 N–H and O–H groups in total. The quantitative estimate of drug-likeness (QED) is 0.612. The molecule has 0 saturated heterocycles. The van der Waals surface area contributed by atoms with Crippen molar-refractivity contribution in [3.63, 3.8) is 0 Å². The maximum atomic E-state index is 12.4. The predicted octanol–water partition coefficient (Wildman–Crippen LogP) is 3.72. The zero-order chi connectivity index (χ0) is 17.4. The van der Waals surface area contributed by atoms with E-state index in [4.69, 9.17) is 0 Å². The normalized spacial score (nSPS) is 11.0. The molecule has 4 aromatic rings. The Morgan fingerprint density at radius 2 is 1.92 bits per heavy atom. The van der Waals surface area contributed by atoms with Gasteiger partial charge in [-0.2, -0.15) is 0 Å². The fourth-order valence-electron chi connectivity index (χ4n) is 2.64. The van der Waals surface area contributed by atoms with Gasteiger partial charge in [0, 0.05) is 40.4 Å². The molecule has 124 valence electrons. The lowest BCUT2D eigenvalue weighted by Gasteiger charge is -2.07. The van der Waals surface area contributed by atoms with Gasteiger partial charge in [0.1, 0.15) is 0 Å². The first-order valence-electron chi connectivity index (χ1n) is 7.75. The van der Waals surface area contributed by atoms with Gasteiger partial charge in [0.25, 0.3) is 5.91 Å². The number of hydrogen-bond acceptors (Lipinski definition) is 5. The number of thiazole rings is 1. The zero-order valence-corrected chi connectivity index (χ0v) is 14.5. The number of fused-ring (bicyclic) bond motifs is 1. The molecule has 3 aromatic heterocycles. The summed E-state index contributed by atoms with van der Waals surface area (Å²) in [5, 5.41) is 4.85. The van der Waals surface area contributed by atoms with Crippen LogP contribution in [0.4, 0.5) is 5.69 Å². The smallest absolute Gasteiger partial charge is 0.293 e. The van der Waals surface area contributed by atoms with Crippen molar-refractivity contribution in [1.29, 1.82) is 0 Å². The van der Waals surface area contributed by atoms with Crippen LogP contribution in [0, 0.1) is 13.8 Å². The van der Waals surface area contributed by atoms with E-state index in [1.54, 1.807) is 11.3 Å². The van der Waals surface area contributed by atoms with Crippen molar-refractivity contribution in [2.24, 2.45) is 0 Å². The average molecular weight is 349 g/mol. The molecule has 0 aliphatic rings. The van der Waals surface area contributed by atoms with Gasteiger partial charge in [-0.1, -0.05) is 12.1 Å². The first-order valence-corrected chi connectivity index (χ1v) is 8.63. The van der Waals surface area contributed by atoms with Gasteiger partial charge in [-0.3, -0.25) is 9.20 Å². The molecule has 7 heteroatoms. The number of carbonyl (C=O) groups is 1. The van der Waals surface area contributed by atoms with E-state index in [2.05, 4.69) is 20.3 Å². The molecule has 0 unspecified atom stereocenters. The predicted molar refractivity (Wildman–Crippen MR) is 98.0 cm³/mol. The fourth-order valence-corrected chi connectivity index (χ4v) is 3.34. The summed E-state index contributed by atoms with van der Waals surface area (Å²) in [6, 6.07) is 9.42. The third-order valence-electron chi connectivity index (χ3n) is 3.69. The van der Waals surface area contributed by atoms with Gasteiger partial charge >= 0.3 is 0 Å².